The molecule has 1 rings (SSSR count). The van der Waals surface area contributed by atoms with Gasteiger partial charge in [-0.25, -0.2) is 8.42 Å². The van der Waals surface area contributed by atoms with Crippen LogP contribution in [-0.4, -0.2) is 30.9 Å². The van der Waals surface area contributed by atoms with Crippen LogP contribution in [0.1, 0.15) is 13.8 Å². The molecule has 0 saturated carbocycles. The number of sulfone groups is 1. The number of nitrogens with one attached hydrogen (secondary N) is 1. The van der Waals surface area contributed by atoms with E-state index in [1.54, 1.807) is 13.8 Å². The number of hydrogen-bond donors (Lipinski definition) is 1. The normalized spacial score (nSPS) is 13.0. The third-order valence-corrected chi connectivity index (χ3v) is 4.71. The van der Waals surface area contributed by atoms with Gasteiger partial charge in [0.05, 0.1) is 21.4 Å². The number of non-ortho nitro benzene ring substituents is 1. The highest BCUT2D eigenvalue weighted by Gasteiger charge is 2.15. The predicted molar refractivity (Wildman–Crippen MR) is 75.5 cm³/mol. The molecule has 106 valence electrons. The van der Waals surface area contributed by atoms with Crippen LogP contribution in [0.15, 0.2) is 18.2 Å². The lowest BCUT2D eigenvalue weighted by Gasteiger charge is -2.15. The van der Waals surface area contributed by atoms with Crippen LogP contribution in [0.25, 0.3) is 0 Å². The fraction of sp³-hybridized carbons (Fsp3) is 0.455. The van der Waals surface area contributed by atoms with E-state index in [0.29, 0.717) is 5.69 Å². The summed E-state index contributed by atoms with van der Waals surface area (Å²) < 4.78 is 22.9. The summed E-state index contributed by atoms with van der Waals surface area (Å²) in [4.78, 5) is 10.0. The Bertz CT molecular complexity index is 574. The molecular weight excluding hydrogens is 292 g/mol. The lowest BCUT2D eigenvalue weighted by atomic mass is 10.2. The van der Waals surface area contributed by atoms with E-state index in [1.807, 2.05) is 0 Å². The van der Waals surface area contributed by atoms with Crippen molar-refractivity contribution < 1.29 is 13.3 Å². The number of nitrogens with zero attached hydrogens (tertiary/aromatic N) is 1. The second-order valence-electron chi connectivity index (χ2n) is 4.17. The zero-order valence-corrected chi connectivity index (χ0v) is 12.2. The van der Waals surface area contributed by atoms with Crippen LogP contribution in [0.4, 0.5) is 11.4 Å². The molecule has 1 aromatic rings. The number of rotatable bonds is 6. The van der Waals surface area contributed by atoms with E-state index in [4.69, 9.17) is 11.6 Å². The van der Waals surface area contributed by atoms with E-state index >= 15 is 0 Å². The molecule has 1 aromatic carbocycles. The van der Waals surface area contributed by atoms with Gasteiger partial charge in [0.1, 0.15) is 0 Å². The second-order valence-corrected chi connectivity index (χ2v) is 6.97. The minimum absolute atomic E-state index is 0.0170. The number of halogens is 1. The Labute approximate surface area is 116 Å². The highest BCUT2D eigenvalue weighted by molar-refractivity contribution is 7.91. The average Bonchev–Trinajstić information content (AvgIpc) is 2.30. The number of nitro benzene ring substituents is 1. The Morgan fingerprint density at radius 1 is 1.47 bits per heavy atom. The smallest absolute Gasteiger partial charge is 0.271 e. The number of benzene rings is 1. The molecule has 0 heterocycles. The maximum atomic E-state index is 11.5. The zero-order chi connectivity index (χ0) is 14.6. The van der Waals surface area contributed by atoms with E-state index < -0.39 is 14.8 Å². The highest BCUT2D eigenvalue weighted by atomic mass is 35.5. The molecule has 0 amide bonds. The van der Waals surface area contributed by atoms with Gasteiger partial charge in [0.15, 0.2) is 9.84 Å². The molecule has 0 aliphatic rings. The van der Waals surface area contributed by atoms with Crippen molar-refractivity contribution in [3.63, 3.8) is 0 Å². The minimum atomic E-state index is -3.09. The summed E-state index contributed by atoms with van der Waals surface area (Å²) >= 11 is 5.91. The maximum Gasteiger partial charge on any atom is 0.271 e. The third kappa shape index (κ3) is 4.68. The van der Waals surface area contributed by atoms with Crippen molar-refractivity contribution in [3.05, 3.63) is 33.3 Å². The molecule has 8 heteroatoms. The molecule has 1 atom stereocenters. The largest absolute Gasteiger partial charge is 0.380 e. The van der Waals surface area contributed by atoms with Crippen LogP contribution < -0.4 is 5.32 Å². The van der Waals surface area contributed by atoms with Crippen LogP contribution >= 0.6 is 11.6 Å². The molecule has 0 aliphatic carbocycles. The molecular formula is C11H15ClN2O4S. The molecule has 0 aromatic heterocycles. The summed E-state index contributed by atoms with van der Waals surface area (Å²) in [7, 11) is -3.09. The van der Waals surface area contributed by atoms with E-state index in [1.165, 1.54) is 18.2 Å². The van der Waals surface area contributed by atoms with Crippen molar-refractivity contribution in [1.82, 2.24) is 0 Å². The number of anilines is 1. The second kappa shape index (κ2) is 6.21. The fourth-order valence-corrected chi connectivity index (χ4v) is 2.85. The Hall–Kier alpha value is -1.34. The summed E-state index contributed by atoms with van der Waals surface area (Å²) in [6.07, 6.45) is 0. The van der Waals surface area contributed by atoms with Gasteiger partial charge in [-0.3, -0.25) is 10.1 Å². The van der Waals surface area contributed by atoms with Gasteiger partial charge in [-0.05, 0) is 13.0 Å². The zero-order valence-electron chi connectivity index (χ0n) is 10.6. The number of nitro groups is 1. The molecule has 0 spiro atoms. The lowest BCUT2D eigenvalue weighted by Crippen LogP contribution is -2.26. The van der Waals surface area contributed by atoms with Crippen molar-refractivity contribution in [1.29, 1.82) is 0 Å². The summed E-state index contributed by atoms with van der Waals surface area (Å²) in [6, 6.07) is 3.68. The van der Waals surface area contributed by atoms with E-state index in [-0.39, 0.29) is 28.3 Å². The Balaban J connectivity index is 2.80. The minimum Gasteiger partial charge on any atom is -0.380 e. The molecule has 19 heavy (non-hydrogen) atoms. The Kier molecular flexibility index (Phi) is 5.13. The fourth-order valence-electron chi connectivity index (χ4n) is 1.54. The third-order valence-electron chi connectivity index (χ3n) is 2.51. The van der Waals surface area contributed by atoms with E-state index in [2.05, 4.69) is 5.32 Å². The quantitative estimate of drug-likeness (QED) is 0.644. The molecule has 0 fully saturated rings. The van der Waals surface area contributed by atoms with Crippen molar-refractivity contribution >= 4 is 32.8 Å². The molecule has 6 nitrogen and oxygen atoms in total. The van der Waals surface area contributed by atoms with Gasteiger partial charge in [0.2, 0.25) is 0 Å². The van der Waals surface area contributed by atoms with Gasteiger partial charge in [-0.2, -0.15) is 0 Å². The summed E-state index contributed by atoms with van der Waals surface area (Å²) in [5.41, 5.74) is 0.371. The van der Waals surface area contributed by atoms with Crippen LogP contribution in [-0.2, 0) is 9.84 Å². The van der Waals surface area contributed by atoms with Gasteiger partial charge < -0.3 is 5.32 Å². The molecule has 1 unspecified atom stereocenters. The molecule has 0 saturated heterocycles. The molecule has 1 N–H and O–H groups in total. The van der Waals surface area contributed by atoms with Crippen LogP contribution in [0.2, 0.25) is 5.02 Å². The highest BCUT2D eigenvalue weighted by Crippen LogP contribution is 2.27. The first-order chi connectivity index (χ1) is 8.75. The van der Waals surface area contributed by atoms with Crippen molar-refractivity contribution in [2.24, 2.45) is 0 Å². The average molecular weight is 307 g/mol. The first-order valence-electron chi connectivity index (χ1n) is 5.66. The van der Waals surface area contributed by atoms with E-state index in [0.717, 1.165) is 0 Å². The Morgan fingerprint density at radius 3 is 2.58 bits per heavy atom. The SMILES string of the molecule is CCS(=O)(=O)CC(C)Nc1ccc([N+](=O)[O-])cc1Cl. The van der Waals surface area contributed by atoms with Crippen molar-refractivity contribution in [2.45, 2.75) is 19.9 Å². The standard InChI is InChI=1S/C11H15ClN2O4S/c1-3-19(17,18)7-8(2)13-11-5-4-9(14(15)16)6-10(11)12/h4-6,8,13H,3,7H2,1-2H3. The monoisotopic (exact) mass is 306 g/mol. The van der Waals surface area contributed by atoms with Crippen LogP contribution in [0.3, 0.4) is 0 Å². The first-order valence-corrected chi connectivity index (χ1v) is 7.86. The predicted octanol–water partition coefficient (Wildman–Crippen LogP) is 2.48. The van der Waals surface area contributed by atoms with E-state index in [9.17, 15) is 18.5 Å². The summed E-state index contributed by atoms with van der Waals surface area (Å²) in [5.74, 6) is 0.0594. The molecule has 0 aliphatic heterocycles. The van der Waals surface area contributed by atoms with Gasteiger partial charge in [-0.15, -0.1) is 0 Å². The number of hydrogen-bond acceptors (Lipinski definition) is 5. The summed E-state index contributed by atoms with van der Waals surface area (Å²) in [6.45, 7) is 3.30. The van der Waals surface area contributed by atoms with Gasteiger partial charge in [-0.1, -0.05) is 18.5 Å². The Morgan fingerprint density at radius 2 is 2.11 bits per heavy atom. The van der Waals surface area contributed by atoms with Crippen molar-refractivity contribution in [3.8, 4) is 0 Å². The van der Waals surface area contributed by atoms with Gasteiger partial charge >= 0.3 is 0 Å². The van der Waals surface area contributed by atoms with Crippen LogP contribution in [0, 0.1) is 10.1 Å². The van der Waals surface area contributed by atoms with Crippen molar-refractivity contribution in [2.75, 3.05) is 16.8 Å². The maximum absolute atomic E-state index is 11.5. The summed E-state index contributed by atoms with van der Waals surface area (Å²) in [5, 5.41) is 13.7. The van der Waals surface area contributed by atoms with Crippen LogP contribution in [0.5, 0.6) is 0 Å². The topological polar surface area (TPSA) is 89.3 Å². The lowest BCUT2D eigenvalue weighted by molar-refractivity contribution is -0.384. The van der Waals surface area contributed by atoms with Gasteiger partial charge in [0, 0.05) is 23.9 Å². The molecule has 0 radical (unpaired) electrons. The van der Waals surface area contributed by atoms with Gasteiger partial charge in [0.25, 0.3) is 5.69 Å². The molecule has 0 bridgehead atoms. The first kappa shape index (κ1) is 15.7.